The van der Waals surface area contributed by atoms with Gasteiger partial charge >= 0.3 is 0 Å². The van der Waals surface area contributed by atoms with Gasteiger partial charge in [0.1, 0.15) is 16.7 Å². The lowest BCUT2D eigenvalue weighted by Gasteiger charge is -2.12. The fraction of sp³-hybridized carbons (Fsp3) is 0.267. The minimum Gasteiger partial charge on any atom is -0.439 e. The van der Waals surface area contributed by atoms with Crippen LogP contribution in [0.1, 0.15) is 36.7 Å². The summed E-state index contributed by atoms with van der Waals surface area (Å²) in [7, 11) is 0. The van der Waals surface area contributed by atoms with Gasteiger partial charge in [-0.25, -0.2) is 4.98 Å². The van der Waals surface area contributed by atoms with E-state index in [1.54, 1.807) is 24.3 Å². The number of aromatic nitrogens is 2. The average molecular weight is 288 g/mol. The third-order valence-corrected chi connectivity index (χ3v) is 3.14. The first-order chi connectivity index (χ1) is 9.51. The van der Waals surface area contributed by atoms with Crippen molar-refractivity contribution in [3.05, 3.63) is 46.4 Å². The zero-order valence-electron chi connectivity index (χ0n) is 11.5. The summed E-state index contributed by atoms with van der Waals surface area (Å²) in [6, 6.07) is 8.89. The Morgan fingerprint density at radius 1 is 1.20 bits per heavy atom. The van der Waals surface area contributed by atoms with Crippen molar-refractivity contribution < 1.29 is 4.74 Å². The predicted octanol–water partition coefficient (Wildman–Crippen LogP) is 4.23. The van der Waals surface area contributed by atoms with Gasteiger partial charge in [-0.3, -0.25) is 0 Å². The zero-order valence-corrected chi connectivity index (χ0v) is 12.3. The summed E-state index contributed by atoms with van der Waals surface area (Å²) in [4.78, 5) is 8.62. The quantitative estimate of drug-likeness (QED) is 0.793. The van der Waals surface area contributed by atoms with Crippen molar-refractivity contribution in [2.45, 2.75) is 26.7 Å². The first kappa shape index (κ1) is 14.3. The van der Waals surface area contributed by atoms with Crippen LogP contribution in [-0.2, 0) is 0 Å². The van der Waals surface area contributed by atoms with Gasteiger partial charge in [0.05, 0.1) is 11.6 Å². The molecule has 1 heterocycles. The summed E-state index contributed by atoms with van der Waals surface area (Å²) in [5.41, 5.74) is 1.28. The monoisotopic (exact) mass is 287 g/mol. The first-order valence-corrected chi connectivity index (χ1v) is 6.61. The number of nitrogens with zero attached hydrogens (tertiary/aromatic N) is 3. The maximum absolute atomic E-state index is 8.77. The van der Waals surface area contributed by atoms with Crippen molar-refractivity contribution in [3.8, 4) is 17.7 Å². The molecule has 0 aliphatic carbocycles. The van der Waals surface area contributed by atoms with E-state index >= 15 is 0 Å². The molecule has 0 atom stereocenters. The average Bonchev–Trinajstić information content (AvgIpc) is 2.44. The van der Waals surface area contributed by atoms with Crippen molar-refractivity contribution in [2.24, 2.45) is 0 Å². The highest BCUT2D eigenvalue weighted by atomic mass is 35.5. The Bertz CT molecular complexity index is 660. The van der Waals surface area contributed by atoms with Gasteiger partial charge < -0.3 is 4.74 Å². The van der Waals surface area contributed by atoms with Crippen LogP contribution in [0.5, 0.6) is 11.6 Å². The number of ether oxygens (including phenoxy) is 1. The molecule has 5 heteroatoms. The van der Waals surface area contributed by atoms with Gasteiger partial charge in [0.2, 0.25) is 5.88 Å². The summed E-state index contributed by atoms with van der Waals surface area (Å²) in [5, 5.41) is 9.16. The lowest BCUT2D eigenvalue weighted by atomic mass is 10.2. The van der Waals surface area contributed by atoms with Gasteiger partial charge in [0.25, 0.3) is 0 Å². The number of halogens is 1. The Kier molecular flexibility index (Phi) is 4.21. The highest BCUT2D eigenvalue weighted by Crippen LogP contribution is 2.28. The Hall–Kier alpha value is -2.12. The van der Waals surface area contributed by atoms with Gasteiger partial charge in [-0.15, -0.1) is 0 Å². The molecule has 0 bridgehead atoms. The Morgan fingerprint density at radius 2 is 1.85 bits per heavy atom. The molecule has 0 aliphatic heterocycles. The first-order valence-electron chi connectivity index (χ1n) is 6.23. The second-order valence-electron chi connectivity index (χ2n) is 4.70. The minimum atomic E-state index is 0.163. The Morgan fingerprint density at radius 3 is 2.40 bits per heavy atom. The highest BCUT2D eigenvalue weighted by Gasteiger charge is 2.13. The summed E-state index contributed by atoms with van der Waals surface area (Å²) >= 11 is 6.10. The van der Waals surface area contributed by atoms with Crippen molar-refractivity contribution in [1.82, 2.24) is 9.97 Å². The molecule has 0 unspecified atom stereocenters. The van der Waals surface area contributed by atoms with E-state index in [9.17, 15) is 0 Å². The van der Waals surface area contributed by atoms with Gasteiger partial charge in [0, 0.05) is 11.5 Å². The molecule has 0 spiro atoms. The van der Waals surface area contributed by atoms with E-state index in [0.717, 1.165) is 0 Å². The van der Waals surface area contributed by atoms with Gasteiger partial charge in [-0.1, -0.05) is 25.4 Å². The van der Waals surface area contributed by atoms with Crippen molar-refractivity contribution >= 4 is 11.6 Å². The molecule has 0 saturated heterocycles. The summed E-state index contributed by atoms with van der Waals surface area (Å²) in [6.45, 7) is 5.80. The zero-order chi connectivity index (χ0) is 14.7. The van der Waals surface area contributed by atoms with E-state index in [4.69, 9.17) is 21.6 Å². The molecule has 1 aromatic heterocycles. The number of hydrogen-bond acceptors (Lipinski definition) is 4. The van der Waals surface area contributed by atoms with Crippen molar-refractivity contribution in [3.63, 3.8) is 0 Å². The van der Waals surface area contributed by atoms with Gasteiger partial charge in [0.15, 0.2) is 0 Å². The van der Waals surface area contributed by atoms with Crippen LogP contribution in [-0.4, -0.2) is 9.97 Å². The van der Waals surface area contributed by atoms with E-state index < -0.39 is 0 Å². The molecule has 1 aromatic carbocycles. The summed E-state index contributed by atoms with van der Waals surface area (Å²) in [5.74, 6) is 1.86. The molecular formula is C15H14ClN3O. The highest BCUT2D eigenvalue weighted by molar-refractivity contribution is 6.30. The van der Waals surface area contributed by atoms with Gasteiger partial charge in [-0.05, 0) is 31.2 Å². The smallest absolute Gasteiger partial charge is 0.226 e. The van der Waals surface area contributed by atoms with Crippen molar-refractivity contribution in [2.75, 3.05) is 0 Å². The third kappa shape index (κ3) is 3.06. The van der Waals surface area contributed by atoms with E-state index in [2.05, 4.69) is 16.0 Å². The third-order valence-electron chi connectivity index (χ3n) is 2.77. The second kappa shape index (κ2) is 5.89. The fourth-order valence-electron chi connectivity index (χ4n) is 1.55. The molecule has 0 radical (unpaired) electrons. The van der Waals surface area contributed by atoms with Crippen LogP contribution >= 0.6 is 11.6 Å². The maximum Gasteiger partial charge on any atom is 0.226 e. The molecule has 2 aromatic rings. The predicted molar refractivity (Wildman–Crippen MR) is 77.1 cm³/mol. The molecule has 0 saturated carbocycles. The van der Waals surface area contributed by atoms with Crippen LogP contribution in [0.15, 0.2) is 24.3 Å². The maximum atomic E-state index is 8.77. The molecule has 0 N–H and O–H groups in total. The topological polar surface area (TPSA) is 58.8 Å². The lowest BCUT2D eigenvalue weighted by Crippen LogP contribution is -2.02. The van der Waals surface area contributed by atoms with Crippen LogP contribution in [0.3, 0.4) is 0 Å². The van der Waals surface area contributed by atoms with Crippen LogP contribution in [0.4, 0.5) is 0 Å². The van der Waals surface area contributed by atoms with Crippen LogP contribution in [0.25, 0.3) is 0 Å². The van der Waals surface area contributed by atoms with E-state index in [1.807, 2.05) is 20.8 Å². The van der Waals surface area contributed by atoms with Crippen LogP contribution in [0, 0.1) is 18.3 Å². The SMILES string of the molecule is Cc1c(Cl)nc(C(C)C)nc1Oc1ccc(C#N)cc1. The lowest BCUT2D eigenvalue weighted by molar-refractivity contribution is 0.452. The number of hydrogen-bond donors (Lipinski definition) is 0. The Balaban J connectivity index is 2.34. The summed E-state index contributed by atoms with van der Waals surface area (Å²) < 4.78 is 5.74. The van der Waals surface area contributed by atoms with E-state index in [1.165, 1.54) is 0 Å². The summed E-state index contributed by atoms with van der Waals surface area (Å²) in [6.07, 6.45) is 0. The molecular weight excluding hydrogens is 274 g/mol. The molecule has 0 fully saturated rings. The molecule has 102 valence electrons. The molecule has 20 heavy (non-hydrogen) atoms. The van der Waals surface area contributed by atoms with Gasteiger partial charge in [-0.2, -0.15) is 10.2 Å². The fourth-order valence-corrected chi connectivity index (χ4v) is 1.72. The van der Waals surface area contributed by atoms with Crippen molar-refractivity contribution in [1.29, 1.82) is 5.26 Å². The Labute approximate surface area is 123 Å². The van der Waals surface area contributed by atoms with Crippen LogP contribution in [0.2, 0.25) is 5.15 Å². The second-order valence-corrected chi connectivity index (χ2v) is 5.05. The van der Waals surface area contributed by atoms with E-state index in [0.29, 0.717) is 33.7 Å². The number of benzene rings is 1. The number of rotatable bonds is 3. The molecule has 4 nitrogen and oxygen atoms in total. The minimum absolute atomic E-state index is 0.163. The normalized spacial score (nSPS) is 10.4. The largest absolute Gasteiger partial charge is 0.439 e. The molecule has 0 amide bonds. The molecule has 2 rings (SSSR count). The number of nitriles is 1. The van der Waals surface area contributed by atoms with E-state index in [-0.39, 0.29) is 5.92 Å². The molecule has 0 aliphatic rings. The van der Waals surface area contributed by atoms with Crippen LogP contribution < -0.4 is 4.74 Å². The standard InChI is InChI=1S/C15H14ClN3O/c1-9(2)14-18-13(16)10(3)15(19-14)20-12-6-4-11(8-17)5-7-12/h4-7,9H,1-3H3.